The summed E-state index contributed by atoms with van der Waals surface area (Å²) in [7, 11) is 0. The molecule has 14 heavy (non-hydrogen) atoms. The highest BCUT2D eigenvalue weighted by Crippen LogP contribution is 2.75. The van der Waals surface area contributed by atoms with E-state index in [9.17, 15) is 5.11 Å². The molecular weight excluding hydrogens is 172 g/mol. The summed E-state index contributed by atoms with van der Waals surface area (Å²) < 4.78 is 0. The van der Waals surface area contributed by atoms with Crippen LogP contribution in [0.1, 0.15) is 47.0 Å². The average Bonchev–Trinajstić information content (AvgIpc) is 2.55. The lowest BCUT2D eigenvalue weighted by Gasteiger charge is -2.35. The molecule has 2 rings (SSSR count). The summed E-state index contributed by atoms with van der Waals surface area (Å²) in [5, 5.41) is 9.41. The van der Waals surface area contributed by atoms with Crippen molar-refractivity contribution < 1.29 is 5.11 Å². The smallest absolute Gasteiger partial charge is 0.0470 e. The third kappa shape index (κ3) is 1.11. The van der Waals surface area contributed by atoms with E-state index in [4.69, 9.17) is 0 Å². The molecule has 2 aliphatic rings. The molecule has 0 aromatic carbocycles. The molecule has 2 fully saturated rings. The zero-order chi connectivity index (χ0) is 10.6. The maximum Gasteiger partial charge on any atom is 0.0470 e. The second kappa shape index (κ2) is 2.98. The largest absolute Gasteiger partial charge is 0.396 e. The van der Waals surface area contributed by atoms with Crippen LogP contribution < -0.4 is 0 Å². The lowest BCUT2D eigenvalue weighted by molar-refractivity contribution is 0.145. The molecule has 0 aromatic rings. The Morgan fingerprint density at radius 2 is 1.86 bits per heavy atom. The minimum atomic E-state index is 0.397. The first-order valence-electron chi connectivity index (χ1n) is 6.06. The third-order valence-electron chi connectivity index (χ3n) is 5.62. The van der Waals surface area contributed by atoms with E-state index in [1.807, 2.05) is 0 Å². The molecule has 4 atom stereocenters. The van der Waals surface area contributed by atoms with E-state index in [-0.39, 0.29) is 0 Å². The third-order valence-corrected chi connectivity index (χ3v) is 5.62. The molecule has 0 aliphatic heterocycles. The standard InChI is InChI=1S/C13H24O/c1-9-5-6-13(7-10(9)2)11(8-14)12(13,3)4/h9-11,14H,5-8H2,1-4H3. The molecule has 82 valence electrons. The predicted octanol–water partition coefficient (Wildman–Crippen LogP) is 3.08. The SMILES string of the molecule is CC1CCC2(CC1C)C(CO)C2(C)C. The van der Waals surface area contributed by atoms with Gasteiger partial charge in [0.2, 0.25) is 0 Å². The Balaban J connectivity index is 2.13. The second-order valence-electron chi connectivity index (χ2n) is 6.31. The monoisotopic (exact) mass is 196 g/mol. The van der Waals surface area contributed by atoms with Gasteiger partial charge in [-0.1, -0.05) is 27.7 Å². The molecule has 0 radical (unpaired) electrons. The van der Waals surface area contributed by atoms with Crippen LogP contribution in [0.3, 0.4) is 0 Å². The van der Waals surface area contributed by atoms with Crippen LogP contribution in [0.25, 0.3) is 0 Å². The van der Waals surface area contributed by atoms with Crippen molar-refractivity contribution in [1.82, 2.24) is 0 Å². The van der Waals surface area contributed by atoms with Gasteiger partial charge in [-0.05, 0) is 47.8 Å². The second-order valence-corrected chi connectivity index (χ2v) is 6.31. The molecule has 0 heterocycles. The van der Waals surface area contributed by atoms with Gasteiger partial charge >= 0.3 is 0 Å². The Morgan fingerprint density at radius 3 is 2.29 bits per heavy atom. The van der Waals surface area contributed by atoms with Gasteiger partial charge in [-0.25, -0.2) is 0 Å². The minimum absolute atomic E-state index is 0.397. The van der Waals surface area contributed by atoms with Crippen molar-refractivity contribution in [3.63, 3.8) is 0 Å². The van der Waals surface area contributed by atoms with Gasteiger partial charge in [0, 0.05) is 6.61 Å². The Kier molecular flexibility index (Phi) is 2.23. The predicted molar refractivity (Wildman–Crippen MR) is 59.0 cm³/mol. The highest BCUT2D eigenvalue weighted by Gasteiger charge is 2.70. The molecule has 1 N–H and O–H groups in total. The number of hydrogen-bond donors (Lipinski definition) is 1. The van der Waals surface area contributed by atoms with Crippen LogP contribution in [0.4, 0.5) is 0 Å². The summed E-state index contributed by atoms with van der Waals surface area (Å²) in [6.07, 6.45) is 4.05. The van der Waals surface area contributed by atoms with Gasteiger partial charge < -0.3 is 5.11 Å². The van der Waals surface area contributed by atoms with Crippen molar-refractivity contribution in [3.05, 3.63) is 0 Å². The fourth-order valence-corrected chi connectivity index (χ4v) is 4.01. The van der Waals surface area contributed by atoms with E-state index in [2.05, 4.69) is 27.7 Å². The summed E-state index contributed by atoms with van der Waals surface area (Å²) in [4.78, 5) is 0. The maximum atomic E-state index is 9.41. The first-order chi connectivity index (χ1) is 6.45. The van der Waals surface area contributed by atoms with Gasteiger partial charge in [-0.15, -0.1) is 0 Å². The molecule has 0 saturated heterocycles. The van der Waals surface area contributed by atoms with Gasteiger partial charge in [0.25, 0.3) is 0 Å². The minimum Gasteiger partial charge on any atom is -0.396 e. The van der Waals surface area contributed by atoms with Crippen LogP contribution in [0, 0.1) is 28.6 Å². The van der Waals surface area contributed by atoms with E-state index in [0.717, 1.165) is 11.8 Å². The van der Waals surface area contributed by atoms with Crippen molar-refractivity contribution >= 4 is 0 Å². The normalized spacial score (nSPS) is 50.8. The van der Waals surface area contributed by atoms with Gasteiger partial charge in [-0.3, -0.25) is 0 Å². The van der Waals surface area contributed by atoms with E-state index < -0.39 is 0 Å². The Hall–Kier alpha value is -0.0400. The van der Waals surface area contributed by atoms with Crippen LogP contribution in [0.5, 0.6) is 0 Å². The summed E-state index contributed by atoms with van der Waals surface area (Å²) in [5.74, 6) is 2.31. The lowest BCUT2D eigenvalue weighted by atomic mass is 9.70. The zero-order valence-electron chi connectivity index (χ0n) is 10.0. The van der Waals surface area contributed by atoms with E-state index in [1.54, 1.807) is 0 Å². The molecule has 2 saturated carbocycles. The van der Waals surface area contributed by atoms with Crippen LogP contribution in [0.15, 0.2) is 0 Å². The molecule has 0 amide bonds. The summed E-state index contributed by atoms with van der Waals surface area (Å²) >= 11 is 0. The van der Waals surface area contributed by atoms with Crippen molar-refractivity contribution in [2.45, 2.75) is 47.0 Å². The van der Waals surface area contributed by atoms with Crippen molar-refractivity contribution in [3.8, 4) is 0 Å². The van der Waals surface area contributed by atoms with Gasteiger partial charge in [0.15, 0.2) is 0 Å². The first kappa shape index (κ1) is 10.5. The van der Waals surface area contributed by atoms with Crippen LogP contribution in [0.2, 0.25) is 0 Å². The Bertz CT molecular complexity index is 233. The van der Waals surface area contributed by atoms with Crippen molar-refractivity contribution in [2.24, 2.45) is 28.6 Å². The van der Waals surface area contributed by atoms with Crippen LogP contribution >= 0.6 is 0 Å². The van der Waals surface area contributed by atoms with Gasteiger partial charge in [0.1, 0.15) is 0 Å². The fourth-order valence-electron chi connectivity index (χ4n) is 4.01. The Labute approximate surface area is 87.9 Å². The van der Waals surface area contributed by atoms with Gasteiger partial charge in [0.05, 0.1) is 0 Å². The molecule has 0 aromatic heterocycles. The molecule has 4 unspecified atom stereocenters. The van der Waals surface area contributed by atoms with E-state index in [1.165, 1.54) is 19.3 Å². The summed E-state index contributed by atoms with van der Waals surface area (Å²) in [6, 6.07) is 0. The molecule has 1 spiro atoms. The highest BCUT2D eigenvalue weighted by molar-refractivity contribution is 5.18. The number of hydrogen-bond acceptors (Lipinski definition) is 1. The molecule has 2 aliphatic carbocycles. The Morgan fingerprint density at radius 1 is 1.21 bits per heavy atom. The molecule has 0 bridgehead atoms. The topological polar surface area (TPSA) is 20.2 Å². The highest BCUT2D eigenvalue weighted by atomic mass is 16.3. The summed E-state index contributed by atoms with van der Waals surface area (Å²) in [6.45, 7) is 9.84. The molecule has 1 nitrogen and oxygen atoms in total. The molecular formula is C13H24O. The number of rotatable bonds is 1. The maximum absolute atomic E-state index is 9.41. The van der Waals surface area contributed by atoms with Crippen molar-refractivity contribution in [1.29, 1.82) is 0 Å². The first-order valence-corrected chi connectivity index (χ1v) is 6.06. The van der Waals surface area contributed by atoms with Crippen LogP contribution in [-0.4, -0.2) is 11.7 Å². The number of aliphatic hydroxyl groups is 1. The average molecular weight is 196 g/mol. The van der Waals surface area contributed by atoms with Gasteiger partial charge in [-0.2, -0.15) is 0 Å². The number of aliphatic hydroxyl groups excluding tert-OH is 1. The zero-order valence-corrected chi connectivity index (χ0v) is 10.0. The fraction of sp³-hybridized carbons (Fsp3) is 1.00. The summed E-state index contributed by atoms with van der Waals surface area (Å²) in [5.41, 5.74) is 0.893. The molecule has 1 heteroatoms. The van der Waals surface area contributed by atoms with Crippen LogP contribution in [-0.2, 0) is 0 Å². The van der Waals surface area contributed by atoms with Crippen molar-refractivity contribution in [2.75, 3.05) is 6.61 Å². The van der Waals surface area contributed by atoms with E-state index in [0.29, 0.717) is 23.4 Å². The lowest BCUT2D eigenvalue weighted by Crippen LogP contribution is -2.25. The van der Waals surface area contributed by atoms with E-state index >= 15 is 0 Å². The quantitative estimate of drug-likeness (QED) is 0.683.